The molecule has 0 saturated carbocycles. The SMILES string of the molecule is Cl.O=S(=O)(NCCCCN1CCN(c2ccc(Cl)cc2)CC1)c1ccc2cccnc2c1. The van der Waals surface area contributed by atoms with Crippen LogP contribution in [0.2, 0.25) is 5.02 Å². The summed E-state index contributed by atoms with van der Waals surface area (Å²) < 4.78 is 27.9. The first kappa shape index (κ1) is 24.7. The summed E-state index contributed by atoms with van der Waals surface area (Å²) in [5, 5.41) is 1.69. The average molecular weight is 495 g/mol. The van der Waals surface area contributed by atoms with Gasteiger partial charge in [-0.3, -0.25) is 9.88 Å². The fourth-order valence-electron chi connectivity index (χ4n) is 3.85. The minimum Gasteiger partial charge on any atom is -0.369 e. The van der Waals surface area contributed by atoms with E-state index in [1.54, 1.807) is 24.4 Å². The second-order valence-corrected chi connectivity index (χ2v) is 9.97. The van der Waals surface area contributed by atoms with Crippen LogP contribution >= 0.6 is 24.0 Å². The number of sulfonamides is 1. The third kappa shape index (κ3) is 6.33. The van der Waals surface area contributed by atoms with Gasteiger partial charge in [0.25, 0.3) is 0 Å². The third-order valence-electron chi connectivity index (χ3n) is 5.64. The van der Waals surface area contributed by atoms with Crippen molar-refractivity contribution in [2.24, 2.45) is 0 Å². The molecule has 32 heavy (non-hydrogen) atoms. The first-order valence-electron chi connectivity index (χ1n) is 10.6. The molecule has 2 heterocycles. The molecule has 2 aromatic carbocycles. The van der Waals surface area contributed by atoms with Gasteiger partial charge in [0.2, 0.25) is 10.0 Å². The van der Waals surface area contributed by atoms with E-state index >= 15 is 0 Å². The highest BCUT2D eigenvalue weighted by molar-refractivity contribution is 7.89. The lowest BCUT2D eigenvalue weighted by molar-refractivity contribution is 0.253. The van der Waals surface area contributed by atoms with Crippen molar-refractivity contribution in [1.29, 1.82) is 0 Å². The molecule has 0 radical (unpaired) electrons. The van der Waals surface area contributed by atoms with E-state index in [9.17, 15) is 8.42 Å². The Hall–Kier alpha value is -1.90. The molecule has 1 fully saturated rings. The Kier molecular flexibility index (Phi) is 8.73. The van der Waals surface area contributed by atoms with Crippen molar-refractivity contribution in [3.63, 3.8) is 0 Å². The zero-order chi connectivity index (χ0) is 21.7. The van der Waals surface area contributed by atoms with Crippen molar-refractivity contribution in [3.05, 3.63) is 65.8 Å². The summed E-state index contributed by atoms with van der Waals surface area (Å²) in [5.74, 6) is 0. The number of piperazine rings is 1. The van der Waals surface area contributed by atoms with Crippen LogP contribution in [0.3, 0.4) is 0 Å². The summed E-state index contributed by atoms with van der Waals surface area (Å²) in [6.45, 7) is 5.43. The second-order valence-electron chi connectivity index (χ2n) is 7.77. The van der Waals surface area contributed by atoms with Gasteiger partial charge in [-0.15, -0.1) is 12.4 Å². The van der Waals surface area contributed by atoms with Crippen molar-refractivity contribution in [3.8, 4) is 0 Å². The van der Waals surface area contributed by atoms with Crippen LogP contribution in [0.15, 0.2) is 65.7 Å². The van der Waals surface area contributed by atoms with Crippen molar-refractivity contribution in [2.75, 3.05) is 44.2 Å². The highest BCUT2D eigenvalue weighted by Crippen LogP contribution is 2.20. The number of fused-ring (bicyclic) bond motifs is 1. The highest BCUT2D eigenvalue weighted by atomic mass is 35.5. The molecule has 1 aromatic heterocycles. The summed E-state index contributed by atoms with van der Waals surface area (Å²) in [7, 11) is -3.52. The Bertz CT molecular complexity index is 1120. The van der Waals surface area contributed by atoms with Gasteiger partial charge in [-0.25, -0.2) is 13.1 Å². The minimum atomic E-state index is -3.52. The van der Waals surface area contributed by atoms with Crippen molar-refractivity contribution in [1.82, 2.24) is 14.6 Å². The van der Waals surface area contributed by atoms with Gasteiger partial charge in [0, 0.05) is 55.0 Å². The van der Waals surface area contributed by atoms with Gasteiger partial charge < -0.3 is 4.90 Å². The van der Waals surface area contributed by atoms with E-state index < -0.39 is 10.0 Å². The van der Waals surface area contributed by atoms with E-state index in [2.05, 4.69) is 31.6 Å². The molecular weight excluding hydrogens is 467 g/mol. The topological polar surface area (TPSA) is 65.5 Å². The second kappa shape index (κ2) is 11.3. The van der Waals surface area contributed by atoms with E-state index in [0.717, 1.165) is 56.0 Å². The van der Waals surface area contributed by atoms with Crippen LogP contribution in [0.25, 0.3) is 10.9 Å². The zero-order valence-electron chi connectivity index (χ0n) is 17.8. The summed E-state index contributed by atoms with van der Waals surface area (Å²) in [4.78, 5) is 9.31. The van der Waals surface area contributed by atoms with Gasteiger partial charge in [0.1, 0.15) is 0 Å². The molecule has 0 amide bonds. The van der Waals surface area contributed by atoms with Gasteiger partial charge in [-0.1, -0.05) is 23.7 Å². The van der Waals surface area contributed by atoms with Crippen LogP contribution in [0, 0.1) is 0 Å². The minimum absolute atomic E-state index is 0. The molecule has 0 unspecified atom stereocenters. The van der Waals surface area contributed by atoms with E-state index in [1.807, 2.05) is 24.3 Å². The van der Waals surface area contributed by atoms with Crippen molar-refractivity contribution < 1.29 is 8.42 Å². The Morgan fingerprint density at radius 3 is 2.47 bits per heavy atom. The summed E-state index contributed by atoms with van der Waals surface area (Å²) >= 11 is 5.97. The molecule has 1 saturated heterocycles. The first-order chi connectivity index (χ1) is 15.0. The average Bonchev–Trinajstić information content (AvgIpc) is 2.79. The lowest BCUT2D eigenvalue weighted by Gasteiger charge is -2.36. The maximum atomic E-state index is 12.6. The molecule has 0 spiro atoms. The van der Waals surface area contributed by atoms with Crippen LogP contribution in [0.4, 0.5) is 5.69 Å². The quantitative estimate of drug-likeness (QED) is 0.475. The molecule has 6 nitrogen and oxygen atoms in total. The van der Waals surface area contributed by atoms with Gasteiger partial charge in [-0.2, -0.15) is 0 Å². The largest absolute Gasteiger partial charge is 0.369 e. The number of nitrogens with one attached hydrogen (secondary N) is 1. The number of halogens is 2. The maximum Gasteiger partial charge on any atom is 0.240 e. The molecule has 9 heteroatoms. The molecule has 0 atom stereocenters. The molecule has 1 aliphatic heterocycles. The lowest BCUT2D eigenvalue weighted by atomic mass is 10.2. The van der Waals surface area contributed by atoms with Crippen LogP contribution in [-0.2, 0) is 10.0 Å². The fraction of sp³-hybridized carbons (Fsp3) is 0.348. The third-order valence-corrected chi connectivity index (χ3v) is 7.36. The number of hydrogen-bond donors (Lipinski definition) is 1. The smallest absolute Gasteiger partial charge is 0.240 e. The Balaban J connectivity index is 0.00000289. The Morgan fingerprint density at radius 1 is 0.969 bits per heavy atom. The van der Waals surface area contributed by atoms with Gasteiger partial charge in [-0.05, 0) is 61.9 Å². The fourth-order valence-corrected chi connectivity index (χ4v) is 5.06. The predicted octanol–water partition coefficient (Wildman–Crippen LogP) is 4.19. The van der Waals surface area contributed by atoms with Crippen molar-refractivity contribution >= 4 is 50.6 Å². The predicted molar refractivity (Wildman–Crippen MR) is 134 cm³/mol. The maximum absolute atomic E-state index is 12.6. The number of hydrogen-bond acceptors (Lipinski definition) is 5. The summed E-state index contributed by atoms with van der Waals surface area (Å²) in [6, 6.07) is 16.8. The standard InChI is InChI=1S/C23H27ClN4O2S.ClH/c24-20-6-8-21(9-7-20)28-16-14-27(15-17-28)13-2-1-12-26-31(29,30)22-10-5-19-4-3-11-25-23(19)18-22;/h3-11,18,26H,1-2,12-17H2;1H. The lowest BCUT2D eigenvalue weighted by Crippen LogP contribution is -2.46. The van der Waals surface area contributed by atoms with Gasteiger partial charge in [0.15, 0.2) is 0 Å². The van der Waals surface area contributed by atoms with Gasteiger partial charge >= 0.3 is 0 Å². The van der Waals surface area contributed by atoms with Crippen LogP contribution < -0.4 is 9.62 Å². The van der Waals surface area contributed by atoms with Crippen LogP contribution in [-0.4, -0.2) is 57.6 Å². The number of aromatic nitrogens is 1. The molecule has 0 bridgehead atoms. The Morgan fingerprint density at radius 2 is 1.72 bits per heavy atom. The number of benzene rings is 2. The highest BCUT2D eigenvalue weighted by Gasteiger charge is 2.17. The number of nitrogens with zero attached hydrogens (tertiary/aromatic N) is 3. The zero-order valence-corrected chi connectivity index (χ0v) is 20.2. The number of rotatable bonds is 8. The van der Waals surface area contributed by atoms with E-state index in [1.165, 1.54) is 5.69 Å². The first-order valence-corrected chi connectivity index (χ1v) is 12.4. The van der Waals surface area contributed by atoms with Crippen LogP contribution in [0.5, 0.6) is 0 Å². The van der Waals surface area contributed by atoms with E-state index in [-0.39, 0.29) is 17.3 Å². The van der Waals surface area contributed by atoms with E-state index in [0.29, 0.717) is 12.1 Å². The van der Waals surface area contributed by atoms with E-state index in [4.69, 9.17) is 11.6 Å². The number of pyridine rings is 1. The number of unbranched alkanes of at least 4 members (excludes halogenated alkanes) is 1. The summed E-state index contributed by atoms with van der Waals surface area (Å²) in [5.41, 5.74) is 1.89. The molecule has 1 N–H and O–H groups in total. The molecule has 172 valence electrons. The molecule has 1 aliphatic rings. The number of anilines is 1. The van der Waals surface area contributed by atoms with Crippen molar-refractivity contribution in [2.45, 2.75) is 17.7 Å². The normalized spacial score (nSPS) is 15.0. The molecule has 3 aromatic rings. The molecule has 4 rings (SSSR count). The molecule has 0 aliphatic carbocycles. The van der Waals surface area contributed by atoms with Gasteiger partial charge in [0.05, 0.1) is 10.4 Å². The molecular formula is C23H28Cl2N4O2S. The van der Waals surface area contributed by atoms with Crippen LogP contribution in [0.1, 0.15) is 12.8 Å². The monoisotopic (exact) mass is 494 g/mol. The summed E-state index contributed by atoms with van der Waals surface area (Å²) in [6.07, 6.45) is 3.44. The Labute approximate surface area is 201 Å².